The molecule has 0 bridgehead atoms. The molecule has 1 aliphatic carbocycles. The van der Waals surface area contributed by atoms with Gasteiger partial charge in [0.2, 0.25) is 11.8 Å². The third kappa shape index (κ3) is 6.86. The topological polar surface area (TPSA) is 49.4 Å². The van der Waals surface area contributed by atoms with Gasteiger partial charge in [-0.25, -0.2) is 0 Å². The van der Waals surface area contributed by atoms with Crippen LogP contribution in [-0.4, -0.2) is 28.8 Å². The second-order valence-corrected chi connectivity index (χ2v) is 9.36. The number of halogens is 3. The van der Waals surface area contributed by atoms with Crippen LogP contribution < -0.4 is 5.32 Å². The van der Waals surface area contributed by atoms with Crippen molar-refractivity contribution < 1.29 is 9.59 Å². The lowest BCUT2D eigenvalue weighted by Gasteiger charge is -2.31. The van der Waals surface area contributed by atoms with Crippen LogP contribution in [0.5, 0.6) is 0 Å². The molecule has 31 heavy (non-hydrogen) atoms. The first-order chi connectivity index (χ1) is 14.8. The van der Waals surface area contributed by atoms with Gasteiger partial charge in [0.15, 0.2) is 0 Å². The fourth-order valence-electron chi connectivity index (χ4n) is 3.91. The maximum atomic E-state index is 13.3. The first kappa shape index (κ1) is 23.9. The fraction of sp³-hybridized carbons (Fsp3) is 0.417. The molecule has 3 rings (SSSR count). The van der Waals surface area contributed by atoms with Crippen LogP contribution in [0.3, 0.4) is 0 Å². The number of rotatable bonds is 7. The third-order valence-corrected chi connectivity index (χ3v) is 6.54. The zero-order chi connectivity index (χ0) is 22.4. The highest BCUT2D eigenvalue weighted by molar-refractivity contribution is 6.35. The average Bonchev–Trinajstić information content (AvgIpc) is 2.73. The van der Waals surface area contributed by atoms with E-state index < -0.39 is 6.04 Å². The number of nitrogens with one attached hydrogen (secondary N) is 1. The van der Waals surface area contributed by atoms with Crippen LogP contribution in [0, 0.1) is 0 Å². The third-order valence-electron chi connectivity index (χ3n) is 5.72. The first-order valence-electron chi connectivity index (χ1n) is 10.6. The molecule has 0 unspecified atom stereocenters. The van der Waals surface area contributed by atoms with E-state index in [9.17, 15) is 9.59 Å². The smallest absolute Gasteiger partial charge is 0.242 e. The van der Waals surface area contributed by atoms with E-state index in [4.69, 9.17) is 34.8 Å². The molecule has 7 heteroatoms. The molecule has 0 aliphatic heterocycles. The number of amides is 2. The molecule has 1 fully saturated rings. The number of carbonyl (C=O) groups is 2. The zero-order valence-corrected chi connectivity index (χ0v) is 19.8. The minimum atomic E-state index is -0.639. The minimum absolute atomic E-state index is 0.142. The van der Waals surface area contributed by atoms with Gasteiger partial charge in [-0.15, -0.1) is 0 Å². The molecule has 2 amide bonds. The van der Waals surface area contributed by atoms with Gasteiger partial charge in [-0.3, -0.25) is 9.59 Å². The van der Waals surface area contributed by atoms with Gasteiger partial charge in [0.05, 0.1) is 6.42 Å². The highest BCUT2D eigenvalue weighted by Crippen LogP contribution is 2.24. The summed E-state index contributed by atoms with van der Waals surface area (Å²) in [6.07, 6.45) is 5.57. The molecular formula is C24H27Cl3N2O2. The Morgan fingerprint density at radius 3 is 2.42 bits per heavy atom. The van der Waals surface area contributed by atoms with Crippen molar-refractivity contribution in [1.29, 1.82) is 0 Å². The number of hydrogen-bond donors (Lipinski definition) is 1. The zero-order valence-electron chi connectivity index (χ0n) is 17.5. The molecule has 0 saturated heterocycles. The van der Waals surface area contributed by atoms with Gasteiger partial charge in [-0.2, -0.15) is 0 Å². The standard InChI is InChI=1S/C24H27Cl3N2O2/c1-16(24(31)28-21-8-3-2-4-9-21)29(15-18-10-11-20(26)14-22(18)27)23(30)13-17-6-5-7-19(25)12-17/h5-7,10-12,14,16,21H,2-4,8-9,13,15H2,1H3,(H,28,31)/t16-/m1/s1. The molecule has 2 aromatic rings. The number of hydrogen-bond acceptors (Lipinski definition) is 2. The van der Waals surface area contributed by atoms with E-state index in [1.54, 1.807) is 42.2 Å². The Morgan fingerprint density at radius 2 is 1.74 bits per heavy atom. The SMILES string of the molecule is C[C@H](C(=O)NC1CCCCC1)N(Cc1ccc(Cl)cc1Cl)C(=O)Cc1cccc(Cl)c1. The Bertz CT molecular complexity index is 929. The van der Waals surface area contributed by atoms with E-state index in [0.717, 1.165) is 36.8 Å². The van der Waals surface area contributed by atoms with Gasteiger partial charge in [0, 0.05) is 27.7 Å². The number of nitrogens with zero attached hydrogens (tertiary/aromatic N) is 1. The summed E-state index contributed by atoms with van der Waals surface area (Å²) in [4.78, 5) is 27.9. The monoisotopic (exact) mass is 480 g/mol. The highest BCUT2D eigenvalue weighted by Gasteiger charge is 2.28. The van der Waals surface area contributed by atoms with Gasteiger partial charge in [0.1, 0.15) is 6.04 Å². The molecule has 0 aromatic heterocycles. The summed E-state index contributed by atoms with van der Waals surface area (Å²) < 4.78 is 0. The van der Waals surface area contributed by atoms with Crippen molar-refractivity contribution in [2.24, 2.45) is 0 Å². The van der Waals surface area contributed by atoms with Crippen molar-refractivity contribution in [3.63, 3.8) is 0 Å². The van der Waals surface area contributed by atoms with Crippen LogP contribution >= 0.6 is 34.8 Å². The molecule has 2 aromatic carbocycles. The van der Waals surface area contributed by atoms with Crippen LogP contribution in [0.4, 0.5) is 0 Å². The summed E-state index contributed by atoms with van der Waals surface area (Å²) in [7, 11) is 0. The predicted molar refractivity (Wildman–Crippen MR) is 127 cm³/mol. The molecule has 166 valence electrons. The molecular weight excluding hydrogens is 455 g/mol. The summed E-state index contributed by atoms with van der Waals surface area (Å²) in [6, 6.07) is 11.9. The second-order valence-electron chi connectivity index (χ2n) is 8.08. The molecule has 1 saturated carbocycles. The van der Waals surface area contributed by atoms with E-state index in [2.05, 4.69) is 5.32 Å². The van der Waals surface area contributed by atoms with Crippen molar-refractivity contribution in [3.8, 4) is 0 Å². The van der Waals surface area contributed by atoms with Crippen molar-refractivity contribution in [2.45, 2.75) is 64.1 Å². The maximum Gasteiger partial charge on any atom is 0.242 e. The summed E-state index contributed by atoms with van der Waals surface area (Å²) in [5.41, 5.74) is 1.53. The fourth-order valence-corrected chi connectivity index (χ4v) is 4.59. The van der Waals surface area contributed by atoms with Gasteiger partial charge in [-0.1, -0.05) is 72.3 Å². The average molecular weight is 482 g/mol. The van der Waals surface area contributed by atoms with Crippen LogP contribution in [0.25, 0.3) is 0 Å². The van der Waals surface area contributed by atoms with Crippen molar-refractivity contribution in [2.75, 3.05) is 0 Å². The molecule has 0 heterocycles. The Hall–Kier alpha value is -1.75. The molecule has 1 atom stereocenters. The molecule has 0 spiro atoms. The normalized spacial score (nSPS) is 15.4. The first-order valence-corrected chi connectivity index (χ1v) is 11.7. The molecule has 1 N–H and O–H groups in total. The van der Waals surface area contributed by atoms with Gasteiger partial charge < -0.3 is 10.2 Å². The van der Waals surface area contributed by atoms with E-state index in [1.807, 2.05) is 12.1 Å². The van der Waals surface area contributed by atoms with E-state index in [-0.39, 0.29) is 30.8 Å². The van der Waals surface area contributed by atoms with Crippen molar-refractivity contribution in [3.05, 3.63) is 68.7 Å². The summed E-state index contributed by atoms with van der Waals surface area (Å²) in [6.45, 7) is 1.98. The Kier molecular flexibility index (Phi) is 8.65. The lowest BCUT2D eigenvalue weighted by Crippen LogP contribution is -2.50. The molecule has 0 radical (unpaired) electrons. The lowest BCUT2D eigenvalue weighted by atomic mass is 9.95. The molecule has 1 aliphatic rings. The van der Waals surface area contributed by atoms with Crippen LogP contribution in [0.2, 0.25) is 15.1 Å². The number of benzene rings is 2. The predicted octanol–water partition coefficient (Wildman–Crippen LogP) is 6.06. The lowest BCUT2D eigenvalue weighted by molar-refractivity contribution is -0.140. The largest absolute Gasteiger partial charge is 0.352 e. The molecule has 4 nitrogen and oxygen atoms in total. The Balaban J connectivity index is 1.79. The van der Waals surface area contributed by atoms with Crippen molar-refractivity contribution >= 4 is 46.6 Å². The van der Waals surface area contributed by atoms with Gasteiger partial charge in [0.25, 0.3) is 0 Å². The van der Waals surface area contributed by atoms with Crippen LogP contribution in [0.15, 0.2) is 42.5 Å². The van der Waals surface area contributed by atoms with E-state index >= 15 is 0 Å². The second kappa shape index (κ2) is 11.2. The Labute approximate surface area is 198 Å². The van der Waals surface area contributed by atoms with E-state index in [0.29, 0.717) is 15.1 Å². The van der Waals surface area contributed by atoms with Crippen LogP contribution in [-0.2, 0) is 22.6 Å². The van der Waals surface area contributed by atoms with E-state index in [1.165, 1.54) is 6.42 Å². The Morgan fingerprint density at radius 1 is 1.03 bits per heavy atom. The number of carbonyl (C=O) groups excluding carboxylic acids is 2. The summed E-state index contributed by atoms with van der Waals surface area (Å²) in [5.74, 6) is -0.309. The summed E-state index contributed by atoms with van der Waals surface area (Å²) in [5, 5.41) is 4.69. The quantitative estimate of drug-likeness (QED) is 0.523. The van der Waals surface area contributed by atoms with Crippen molar-refractivity contribution in [1.82, 2.24) is 10.2 Å². The minimum Gasteiger partial charge on any atom is -0.352 e. The van der Waals surface area contributed by atoms with Crippen LogP contribution in [0.1, 0.15) is 50.2 Å². The highest BCUT2D eigenvalue weighted by atomic mass is 35.5. The van der Waals surface area contributed by atoms with Gasteiger partial charge in [-0.05, 0) is 55.2 Å². The van der Waals surface area contributed by atoms with Gasteiger partial charge >= 0.3 is 0 Å². The summed E-state index contributed by atoms with van der Waals surface area (Å²) >= 11 is 18.5. The maximum absolute atomic E-state index is 13.3.